The fourth-order valence-electron chi connectivity index (χ4n) is 1.33. The third-order valence-electron chi connectivity index (χ3n) is 2.27. The zero-order valence-corrected chi connectivity index (χ0v) is 12.5. The lowest BCUT2D eigenvalue weighted by Gasteiger charge is -2.03. The summed E-state index contributed by atoms with van der Waals surface area (Å²) in [6.07, 6.45) is 0.152. The first-order chi connectivity index (χ1) is 9.31. The lowest BCUT2D eigenvalue weighted by molar-refractivity contribution is -0.137. The largest absolute Gasteiger partial charge is 0.481 e. The number of hydrogen-bond donors (Lipinski definition) is 3. The van der Waals surface area contributed by atoms with Crippen molar-refractivity contribution in [2.45, 2.75) is 30.5 Å². The molecule has 0 aliphatic heterocycles. The Morgan fingerprint density at radius 2 is 2.05 bits per heavy atom. The molecule has 0 aliphatic rings. The Morgan fingerprint density at radius 3 is 2.65 bits per heavy atom. The van der Waals surface area contributed by atoms with Crippen LogP contribution in [0.4, 0.5) is 0 Å². The molecular formula is C11H16N2O5S2. The summed E-state index contributed by atoms with van der Waals surface area (Å²) in [4.78, 5) is 21.8. The molecule has 0 fully saturated rings. The average Bonchev–Trinajstić information content (AvgIpc) is 2.81. The molecule has 7 nitrogen and oxygen atoms in total. The van der Waals surface area contributed by atoms with E-state index in [1.807, 2.05) is 0 Å². The molecule has 0 unspecified atom stereocenters. The van der Waals surface area contributed by atoms with Crippen molar-refractivity contribution in [1.29, 1.82) is 0 Å². The van der Waals surface area contributed by atoms with Crippen LogP contribution in [0.1, 0.15) is 24.6 Å². The summed E-state index contributed by atoms with van der Waals surface area (Å²) in [6, 6.07) is 3.09. The number of aliphatic carboxylic acids is 1. The Kier molecular flexibility index (Phi) is 6.11. The van der Waals surface area contributed by atoms with Gasteiger partial charge in [0.15, 0.2) is 0 Å². The Bertz CT molecular complexity index is 579. The summed E-state index contributed by atoms with van der Waals surface area (Å²) in [6.45, 7) is 1.75. The van der Waals surface area contributed by atoms with E-state index in [1.54, 1.807) is 6.07 Å². The molecule has 0 bridgehead atoms. The number of amides is 1. The van der Waals surface area contributed by atoms with Crippen LogP contribution in [-0.4, -0.2) is 31.9 Å². The number of rotatable bonds is 8. The molecule has 0 aliphatic carbocycles. The molecule has 0 atom stereocenters. The summed E-state index contributed by atoms with van der Waals surface area (Å²) in [5.41, 5.74) is 0. The van der Waals surface area contributed by atoms with Gasteiger partial charge in [0.05, 0.1) is 6.54 Å². The topological polar surface area (TPSA) is 113 Å². The molecule has 1 heterocycles. The summed E-state index contributed by atoms with van der Waals surface area (Å²) >= 11 is 1.06. The van der Waals surface area contributed by atoms with E-state index in [0.717, 1.165) is 16.2 Å². The standard InChI is InChI=1S/C11H16N2O5S2/c1-8(14)12-7-9-4-5-11(19-9)20(17,18)13-6-2-3-10(15)16/h4-5,13H,2-3,6-7H2,1H3,(H,12,14)(H,15,16). The molecule has 0 saturated carbocycles. The number of thiophene rings is 1. The van der Waals surface area contributed by atoms with Crippen LogP contribution in [0.25, 0.3) is 0 Å². The molecule has 9 heteroatoms. The van der Waals surface area contributed by atoms with Crippen LogP contribution < -0.4 is 10.0 Å². The first kappa shape index (κ1) is 16.6. The number of carboxylic acid groups (broad SMARTS) is 1. The molecular weight excluding hydrogens is 304 g/mol. The second-order valence-electron chi connectivity index (χ2n) is 4.03. The van der Waals surface area contributed by atoms with Gasteiger partial charge in [-0.2, -0.15) is 0 Å². The molecule has 112 valence electrons. The minimum atomic E-state index is -3.61. The number of hydrogen-bond acceptors (Lipinski definition) is 5. The summed E-state index contributed by atoms with van der Waals surface area (Å²) < 4.78 is 26.3. The lowest BCUT2D eigenvalue weighted by Crippen LogP contribution is -2.24. The Balaban J connectivity index is 2.55. The zero-order chi connectivity index (χ0) is 15.2. The SMILES string of the molecule is CC(=O)NCc1ccc(S(=O)(=O)NCCCC(=O)O)s1. The minimum Gasteiger partial charge on any atom is -0.481 e. The molecule has 1 aromatic heterocycles. The highest BCUT2D eigenvalue weighted by Gasteiger charge is 2.16. The highest BCUT2D eigenvalue weighted by molar-refractivity contribution is 7.91. The number of carboxylic acids is 1. The van der Waals surface area contributed by atoms with Gasteiger partial charge in [-0.05, 0) is 18.6 Å². The van der Waals surface area contributed by atoms with E-state index < -0.39 is 16.0 Å². The fourth-order valence-corrected chi connectivity index (χ4v) is 3.74. The monoisotopic (exact) mass is 320 g/mol. The lowest BCUT2D eigenvalue weighted by atomic mass is 10.3. The van der Waals surface area contributed by atoms with Crippen molar-refractivity contribution >= 4 is 33.2 Å². The molecule has 3 N–H and O–H groups in total. The smallest absolute Gasteiger partial charge is 0.303 e. The van der Waals surface area contributed by atoms with Crippen LogP contribution in [0.5, 0.6) is 0 Å². The van der Waals surface area contributed by atoms with Crippen molar-refractivity contribution in [3.05, 3.63) is 17.0 Å². The first-order valence-corrected chi connectivity index (χ1v) is 8.16. The average molecular weight is 320 g/mol. The van der Waals surface area contributed by atoms with Gasteiger partial charge in [-0.1, -0.05) is 0 Å². The van der Waals surface area contributed by atoms with E-state index >= 15 is 0 Å². The summed E-state index contributed by atoms with van der Waals surface area (Å²) in [7, 11) is -3.61. The normalized spacial score (nSPS) is 11.2. The van der Waals surface area contributed by atoms with E-state index in [-0.39, 0.29) is 36.0 Å². The molecule has 1 aromatic rings. The van der Waals surface area contributed by atoms with Crippen molar-refractivity contribution < 1.29 is 23.1 Å². The van der Waals surface area contributed by atoms with Gasteiger partial charge in [-0.25, -0.2) is 13.1 Å². The molecule has 0 radical (unpaired) electrons. The van der Waals surface area contributed by atoms with E-state index in [1.165, 1.54) is 13.0 Å². The van der Waals surface area contributed by atoms with Crippen molar-refractivity contribution in [3.8, 4) is 0 Å². The zero-order valence-electron chi connectivity index (χ0n) is 10.9. The van der Waals surface area contributed by atoms with Crippen LogP contribution in [0.2, 0.25) is 0 Å². The number of carbonyl (C=O) groups is 2. The second kappa shape index (κ2) is 7.36. The highest BCUT2D eigenvalue weighted by Crippen LogP contribution is 2.21. The summed E-state index contributed by atoms with van der Waals surface area (Å²) in [5, 5.41) is 11.0. The third kappa shape index (κ3) is 5.68. The second-order valence-corrected chi connectivity index (χ2v) is 7.19. The Hall–Kier alpha value is -1.45. The maximum absolute atomic E-state index is 11.9. The first-order valence-electron chi connectivity index (χ1n) is 5.86. The third-order valence-corrected chi connectivity index (χ3v) is 5.31. The summed E-state index contributed by atoms with van der Waals surface area (Å²) in [5.74, 6) is -1.15. The van der Waals surface area contributed by atoms with E-state index in [2.05, 4.69) is 10.0 Å². The minimum absolute atomic E-state index is 0.0769. The van der Waals surface area contributed by atoms with E-state index in [9.17, 15) is 18.0 Å². The van der Waals surface area contributed by atoms with Gasteiger partial charge < -0.3 is 10.4 Å². The Morgan fingerprint density at radius 1 is 1.35 bits per heavy atom. The molecule has 1 rings (SSSR count). The van der Waals surface area contributed by atoms with Crippen molar-refractivity contribution in [2.24, 2.45) is 0 Å². The van der Waals surface area contributed by atoms with Crippen LogP contribution in [-0.2, 0) is 26.2 Å². The van der Waals surface area contributed by atoms with Crippen LogP contribution in [0.15, 0.2) is 16.3 Å². The quantitative estimate of drug-likeness (QED) is 0.605. The van der Waals surface area contributed by atoms with Crippen molar-refractivity contribution in [3.63, 3.8) is 0 Å². The predicted octanol–water partition coefficient (Wildman–Crippen LogP) is 0.527. The number of carbonyl (C=O) groups excluding carboxylic acids is 1. The van der Waals surface area contributed by atoms with Crippen LogP contribution in [0.3, 0.4) is 0 Å². The van der Waals surface area contributed by atoms with Gasteiger partial charge in [0.1, 0.15) is 4.21 Å². The van der Waals surface area contributed by atoms with Gasteiger partial charge in [0, 0.05) is 24.8 Å². The number of sulfonamides is 1. The molecule has 1 amide bonds. The van der Waals surface area contributed by atoms with E-state index in [0.29, 0.717) is 0 Å². The molecule has 20 heavy (non-hydrogen) atoms. The van der Waals surface area contributed by atoms with Crippen molar-refractivity contribution in [1.82, 2.24) is 10.0 Å². The fraction of sp³-hybridized carbons (Fsp3) is 0.455. The van der Waals surface area contributed by atoms with Gasteiger partial charge in [0.2, 0.25) is 15.9 Å². The van der Waals surface area contributed by atoms with Crippen LogP contribution >= 0.6 is 11.3 Å². The predicted molar refractivity (Wildman–Crippen MR) is 73.9 cm³/mol. The van der Waals surface area contributed by atoms with Crippen molar-refractivity contribution in [2.75, 3.05) is 6.54 Å². The molecule has 0 spiro atoms. The van der Waals surface area contributed by atoms with E-state index in [4.69, 9.17) is 5.11 Å². The Labute approximate surface area is 121 Å². The molecule has 0 aromatic carbocycles. The maximum Gasteiger partial charge on any atom is 0.303 e. The maximum atomic E-state index is 11.9. The van der Waals surface area contributed by atoms with Crippen LogP contribution in [0, 0.1) is 0 Å². The highest BCUT2D eigenvalue weighted by atomic mass is 32.2. The van der Waals surface area contributed by atoms with Gasteiger partial charge in [-0.15, -0.1) is 11.3 Å². The number of nitrogens with one attached hydrogen (secondary N) is 2. The van der Waals surface area contributed by atoms with Gasteiger partial charge in [-0.3, -0.25) is 9.59 Å². The van der Waals surface area contributed by atoms with Gasteiger partial charge >= 0.3 is 5.97 Å². The molecule has 0 saturated heterocycles. The van der Waals surface area contributed by atoms with Gasteiger partial charge in [0.25, 0.3) is 0 Å².